The zero-order chi connectivity index (χ0) is 11.8. The van der Waals surface area contributed by atoms with Gasteiger partial charge >= 0.3 is 0 Å². The summed E-state index contributed by atoms with van der Waals surface area (Å²) in [5.41, 5.74) is 2.90. The number of alkyl halides is 1. The molecule has 1 aliphatic heterocycles. The van der Waals surface area contributed by atoms with Crippen molar-refractivity contribution in [2.45, 2.75) is 25.6 Å². The van der Waals surface area contributed by atoms with Crippen molar-refractivity contribution in [2.24, 2.45) is 5.41 Å². The lowest BCUT2D eigenvalue weighted by Gasteiger charge is -2.24. The van der Waals surface area contributed by atoms with E-state index < -0.39 is 0 Å². The molecule has 0 aromatic heterocycles. The van der Waals surface area contributed by atoms with E-state index in [1.807, 2.05) is 12.1 Å². The predicted octanol–water partition coefficient (Wildman–Crippen LogP) is 4.47. The number of nitrogens with zero attached hydrogens (tertiary/aromatic N) is 1. The fourth-order valence-corrected chi connectivity index (χ4v) is 3.09. The van der Waals surface area contributed by atoms with Gasteiger partial charge in [-0.3, -0.25) is 0 Å². The highest BCUT2D eigenvalue weighted by atomic mass is 79.9. The van der Waals surface area contributed by atoms with Gasteiger partial charge < -0.3 is 4.90 Å². The SMILES string of the molecule is CC1(C)CCN(c2c(Cl)cccc2CBr)C1. The van der Waals surface area contributed by atoms with E-state index in [0.29, 0.717) is 5.41 Å². The van der Waals surface area contributed by atoms with Gasteiger partial charge in [-0.15, -0.1) is 0 Å². The molecule has 1 aromatic rings. The van der Waals surface area contributed by atoms with Crippen molar-refractivity contribution in [1.82, 2.24) is 0 Å². The minimum Gasteiger partial charge on any atom is -0.370 e. The summed E-state index contributed by atoms with van der Waals surface area (Å²) in [6, 6.07) is 6.14. The molecule has 0 N–H and O–H groups in total. The lowest BCUT2D eigenvalue weighted by Crippen LogP contribution is -2.23. The molecule has 1 fully saturated rings. The van der Waals surface area contributed by atoms with E-state index in [4.69, 9.17) is 11.6 Å². The van der Waals surface area contributed by atoms with E-state index in [1.54, 1.807) is 0 Å². The van der Waals surface area contributed by atoms with E-state index in [9.17, 15) is 0 Å². The van der Waals surface area contributed by atoms with Crippen LogP contribution in [0.1, 0.15) is 25.8 Å². The number of para-hydroxylation sites is 1. The fraction of sp³-hybridized carbons (Fsp3) is 0.538. The quantitative estimate of drug-likeness (QED) is 0.729. The summed E-state index contributed by atoms with van der Waals surface area (Å²) in [5.74, 6) is 0. The Morgan fingerprint density at radius 3 is 2.75 bits per heavy atom. The van der Waals surface area contributed by atoms with E-state index in [1.165, 1.54) is 17.7 Å². The third-order valence-corrected chi connectivity index (χ3v) is 4.12. The third-order valence-electron chi connectivity index (χ3n) is 3.21. The zero-order valence-electron chi connectivity index (χ0n) is 9.76. The highest BCUT2D eigenvalue weighted by Gasteiger charge is 2.30. The van der Waals surface area contributed by atoms with Gasteiger partial charge in [-0.25, -0.2) is 0 Å². The van der Waals surface area contributed by atoms with Crippen molar-refractivity contribution in [3.05, 3.63) is 28.8 Å². The van der Waals surface area contributed by atoms with Crippen LogP contribution in [0, 0.1) is 5.41 Å². The first-order valence-corrected chi connectivity index (χ1v) is 7.12. The number of anilines is 1. The molecule has 0 bridgehead atoms. The van der Waals surface area contributed by atoms with Crippen LogP contribution in [0.15, 0.2) is 18.2 Å². The van der Waals surface area contributed by atoms with Crippen molar-refractivity contribution >= 4 is 33.2 Å². The van der Waals surface area contributed by atoms with Gasteiger partial charge in [0.25, 0.3) is 0 Å². The van der Waals surface area contributed by atoms with E-state index in [-0.39, 0.29) is 0 Å². The van der Waals surface area contributed by atoms with E-state index in [0.717, 1.165) is 23.4 Å². The molecular formula is C13H17BrClN. The highest BCUT2D eigenvalue weighted by molar-refractivity contribution is 9.08. The standard InChI is InChI=1S/C13H17BrClN/c1-13(2)6-7-16(9-13)12-10(8-14)4-3-5-11(12)15/h3-5H,6-9H2,1-2H3. The molecule has 3 heteroatoms. The van der Waals surface area contributed by atoms with Gasteiger partial charge in [0.05, 0.1) is 10.7 Å². The average Bonchev–Trinajstić information content (AvgIpc) is 2.58. The van der Waals surface area contributed by atoms with Crippen LogP contribution < -0.4 is 4.90 Å². The molecule has 0 radical (unpaired) electrons. The first-order chi connectivity index (χ1) is 7.53. The van der Waals surface area contributed by atoms with Crippen molar-refractivity contribution in [1.29, 1.82) is 0 Å². The molecule has 0 spiro atoms. The Bertz CT molecular complexity index is 390. The summed E-state index contributed by atoms with van der Waals surface area (Å²) in [6.45, 7) is 6.84. The topological polar surface area (TPSA) is 3.24 Å². The number of hydrogen-bond donors (Lipinski definition) is 0. The number of hydrogen-bond acceptors (Lipinski definition) is 1. The van der Waals surface area contributed by atoms with Crippen LogP contribution in [0.2, 0.25) is 5.02 Å². The second-order valence-electron chi connectivity index (χ2n) is 5.22. The maximum absolute atomic E-state index is 6.32. The van der Waals surface area contributed by atoms with Crippen LogP contribution in [0.4, 0.5) is 5.69 Å². The fourth-order valence-electron chi connectivity index (χ4n) is 2.33. The third kappa shape index (κ3) is 2.38. The molecule has 0 saturated carbocycles. The molecule has 1 nitrogen and oxygen atoms in total. The predicted molar refractivity (Wildman–Crippen MR) is 74.7 cm³/mol. The maximum atomic E-state index is 6.32. The number of halogens is 2. The van der Waals surface area contributed by atoms with Crippen LogP contribution in [0.25, 0.3) is 0 Å². The first-order valence-electron chi connectivity index (χ1n) is 5.62. The monoisotopic (exact) mass is 301 g/mol. The van der Waals surface area contributed by atoms with Crippen molar-refractivity contribution in [3.63, 3.8) is 0 Å². The molecule has 88 valence electrons. The van der Waals surface area contributed by atoms with Crippen LogP contribution in [0.5, 0.6) is 0 Å². The largest absolute Gasteiger partial charge is 0.370 e. The lowest BCUT2D eigenvalue weighted by molar-refractivity contribution is 0.418. The minimum atomic E-state index is 0.406. The molecule has 2 rings (SSSR count). The van der Waals surface area contributed by atoms with Gasteiger partial charge in [0.15, 0.2) is 0 Å². The smallest absolute Gasteiger partial charge is 0.0642 e. The molecule has 0 unspecified atom stereocenters. The van der Waals surface area contributed by atoms with Crippen LogP contribution in [-0.4, -0.2) is 13.1 Å². The minimum absolute atomic E-state index is 0.406. The second-order valence-corrected chi connectivity index (χ2v) is 6.18. The second kappa shape index (κ2) is 4.58. The summed E-state index contributed by atoms with van der Waals surface area (Å²) >= 11 is 9.85. The van der Waals surface area contributed by atoms with Gasteiger partial charge in [0.2, 0.25) is 0 Å². The van der Waals surface area contributed by atoms with E-state index in [2.05, 4.69) is 40.7 Å². The van der Waals surface area contributed by atoms with Crippen LogP contribution >= 0.6 is 27.5 Å². The van der Waals surface area contributed by atoms with Crippen LogP contribution in [-0.2, 0) is 5.33 Å². The van der Waals surface area contributed by atoms with Crippen molar-refractivity contribution in [2.75, 3.05) is 18.0 Å². The molecule has 1 heterocycles. The molecule has 1 aromatic carbocycles. The van der Waals surface area contributed by atoms with E-state index >= 15 is 0 Å². The molecule has 0 aliphatic carbocycles. The normalized spacial score (nSPS) is 19.1. The van der Waals surface area contributed by atoms with Gasteiger partial charge in [-0.2, -0.15) is 0 Å². The highest BCUT2D eigenvalue weighted by Crippen LogP contribution is 2.38. The van der Waals surface area contributed by atoms with Gasteiger partial charge in [-0.1, -0.05) is 53.5 Å². The Morgan fingerprint density at radius 2 is 2.19 bits per heavy atom. The Labute approximate surface area is 111 Å². The zero-order valence-corrected chi connectivity index (χ0v) is 12.1. The summed E-state index contributed by atoms with van der Waals surface area (Å²) in [5, 5.41) is 1.73. The summed E-state index contributed by atoms with van der Waals surface area (Å²) in [4.78, 5) is 2.42. The van der Waals surface area contributed by atoms with Crippen molar-refractivity contribution in [3.8, 4) is 0 Å². The average molecular weight is 303 g/mol. The summed E-state index contributed by atoms with van der Waals surface area (Å²) in [7, 11) is 0. The number of rotatable bonds is 2. The number of benzene rings is 1. The van der Waals surface area contributed by atoms with Gasteiger partial charge in [-0.05, 0) is 23.5 Å². The lowest BCUT2D eigenvalue weighted by atomic mass is 9.93. The Hall–Kier alpha value is -0.210. The van der Waals surface area contributed by atoms with Crippen molar-refractivity contribution < 1.29 is 0 Å². The maximum Gasteiger partial charge on any atom is 0.0642 e. The molecule has 1 saturated heterocycles. The summed E-state index contributed by atoms with van der Waals surface area (Å²) in [6.07, 6.45) is 1.24. The Morgan fingerprint density at radius 1 is 1.44 bits per heavy atom. The van der Waals surface area contributed by atoms with Gasteiger partial charge in [0.1, 0.15) is 0 Å². The Kier molecular flexibility index (Phi) is 3.50. The molecule has 0 amide bonds. The molecular weight excluding hydrogens is 286 g/mol. The molecule has 16 heavy (non-hydrogen) atoms. The Balaban J connectivity index is 2.34. The molecule has 0 atom stereocenters. The first kappa shape index (κ1) is 12.3. The van der Waals surface area contributed by atoms with Crippen LogP contribution in [0.3, 0.4) is 0 Å². The molecule has 1 aliphatic rings. The summed E-state index contributed by atoms with van der Waals surface area (Å²) < 4.78 is 0. The van der Waals surface area contributed by atoms with Gasteiger partial charge in [0, 0.05) is 18.4 Å².